The van der Waals surface area contributed by atoms with Crippen molar-refractivity contribution in [1.82, 2.24) is 10.1 Å². The minimum absolute atomic E-state index is 0.614. The third-order valence-electron chi connectivity index (χ3n) is 3.61. The molecular weight excluding hydrogens is 368 g/mol. The number of aromatic nitrogens is 2. The molecule has 0 bridgehead atoms. The number of anilines is 1. The average molecular weight is 381 g/mol. The van der Waals surface area contributed by atoms with Crippen molar-refractivity contribution in [2.24, 2.45) is 5.10 Å². The summed E-state index contributed by atoms with van der Waals surface area (Å²) < 4.78 is 5.42. The van der Waals surface area contributed by atoms with Gasteiger partial charge in [-0.05, 0) is 6.07 Å². The Morgan fingerprint density at radius 3 is 2.69 bits per heavy atom. The normalized spacial score (nSPS) is 11.1. The van der Waals surface area contributed by atoms with Crippen molar-refractivity contribution in [2.75, 3.05) is 5.43 Å². The molecule has 0 saturated heterocycles. The zero-order valence-corrected chi connectivity index (χ0v) is 15.0. The number of halogens is 1. The van der Waals surface area contributed by atoms with Crippen LogP contribution in [0.3, 0.4) is 0 Å². The molecule has 4 aromatic rings. The Bertz CT molecular complexity index is 1040. The monoisotopic (exact) mass is 380 g/mol. The van der Waals surface area contributed by atoms with E-state index in [9.17, 15) is 0 Å². The summed E-state index contributed by atoms with van der Waals surface area (Å²) in [6.07, 6.45) is 1.66. The van der Waals surface area contributed by atoms with Crippen molar-refractivity contribution in [2.45, 2.75) is 0 Å². The summed E-state index contributed by atoms with van der Waals surface area (Å²) in [5.41, 5.74) is 6.23. The highest BCUT2D eigenvalue weighted by molar-refractivity contribution is 7.14. The fourth-order valence-corrected chi connectivity index (χ4v) is 3.15. The number of nitrogens with one attached hydrogen (secondary N) is 1. The van der Waals surface area contributed by atoms with Crippen LogP contribution in [0, 0.1) is 0 Å². The molecule has 4 rings (SSSR count). The molecule has 5 nitrogen and oxygen atoms in total. The lowest BCUT2D eigenvalue weighted by Gasteiger charge is -1.96. The summed E-state index contributed by atoms with van der Waals surface area (Å²) >= 11 is 7.52. The largest absolute Gasteiger partial charge is 0.354 e. The predicted octanol–water partition coefficient (Wildman–Crippen LogP) is 5.56. The molecule has 0 aliphatic carbocycles. The lowest BCUT2D eigenvalue weighted by molar-refractivity contribution is 0.434. The van der Waals surface area contributed by atoms with Crippen molar-refractivity contribution in [3.63, 3.8) is 0 Å². The maximum Gasteiger partial charge on any atom is 0.203 e. The van der Waals surface area contributed by atoms with Crippen LogP contribution in [0.25, 0.3) is 22.7 Å². The van der Waals surface area contributed by atoms with E-state index in [2.05, 4.69) is 20.7 Å². The first kappa shape index (κ1) is 16.5. The van der Waals surface area contributed by atoms with Gasteiger partial charge in [-0.15, -0.1) is 11.3 Å². The molecule has 0 atom stereocenters. The van der Waals surface area contributed by atoms with Gasteiger partial charge in [0.15, 0.2) is 5.76 Å². The van der Waals surface area contributed by atoms with E-state index in [0.29, 0.717) is 21.6 Å². The number of hydrogen-bond donors (Lipinski definition) is 1. The quantitative estimate of drug-likeness (QED) is 0.363. The molecule has 0 amide bonds. The molecule has 7 heteroatoms. The standard InChI is InChI=1S/C19H13ClN4OS/c20-15-9-5-4-8-14(15)11-21-23-19-22-17(12-26-19)18-10-16(24-25-18)13-6-2-1-3-7-13/h1-12H,(H,22,23). The zero-order valence-electron chi connectivity index (χ0n) is 13.5. The summed E-state index contributed by atoms with van der Waals surface area (Å²) in [5.74, 6) is 0.614. The molecule has 128 valence electrons. The van der Waals surface area contributed by atoms with E-state index >= 15 is 0 Å². The maximum atomic E-state index is 6.09. The van der Waals surface area contributed by atoms with Gasteiger partial charge in [0.1, 0.15) is 11.4 Å². The SMILES string of the molecule is Clc1ccccc1C=NNc1nc(-c2cc(-c3ccccc3)no2)cs1. The molecule has 0 unspecified atom stereocenters. The summed E-state index contributed by atoms with van der Waals surface area (Å²) in [5, 5.41) is 11.5. The minimum Gasteiger partial charge on any atom is -0.354 e. The topological polar surface area (TPSA) is 63.3 Å². The number of benzene rings is 2. The maximum absolute atomic E-state index is 6.09. The second kappa shape index (κ2) is 7.51. The summed E-state index contributed by atoms with van der Waals surface area (Å²) in [4.78, 5) is 4.47. The molecule has 2 aromatic carbocycles. The fraction of sp³-hybridized carbons (Fsp3) is 0. The zero-order chi connectivity index (χ0) is 17.8. The second-order valence-corrected chi connectivity index (χ2v) is 6.64. The Labute approximate surface area is 159 Å². The number of rotatable bonds is 5. The van der Waals surface area contributed by atoms with E-state index in [-0.39, 0.29) is 0 Å². The summed E-state index contributed by atoms with van der Waals surface area (Å²) in [6, 6.07) is 19.2. The van der Waals surface area contributed by atoms with Gasteiger partial charge < -0.3 is 4.52 Å². The number of nitrogens with zero attached hydrogens (tertiary/aromatic N) is 3. The molecule has 0 fully saturated rings. The number of hydrazone groups is 1. The highest BCUT2D eigenvalue weighted by atomic mass is 35.5. The molecular formula is C19H13ClN4OS. The van der Waals surface area contributed by atoms with E-state index in [1.54, 1.807) is 6.21 Å². The van der Waals surface area contributed by atoms with Crippen molar-refractivity contribution < 1.29 is 4.52 Å². The van der Waals surface area contributed by atoms with E-state index < -0.39 is 0 Å². The van der Waals surface area contributed by atoms with Crippen LogP contribution in [0.1, 0.15) is 5.56 Å². The molecule has 0 saturated carbocycles. The highest BCUT2D eigenvalue weighted by Crippen LogP contribution is 2.28. The van der Waals surface area contributed by atoms with Crippen LogP contribution in [0.5, 0.6) is 0 Å². The lowest BCUT2D eigenvalue weighted by atomic mass is 10.1. The Hall–Kier alpha value is -2.96. The van der Waals surface area contributed by atoms with Crippen LogP contribution in [0.4, 0.5) is 5.13 Å². The van der Waals surface area contributed by atoms with Crippen LogP contribution in [0.2, 0.25) is 5.02 Å². The Morgan fingerprint density at radius 2 is 1.85 bits per heavy atom. The van der Waals surface area contributed by atoms with Gasteiger partial charge in [0.05, 0.1) is 6.21 Å². The van der Waals surface area contributed by atoms with Crippen LogP contribution < -0.4 is 5.43 Å². The van der Waals surface area contributed by atoms with E-state index in [4.69, 9.17) is 16.1 Å². The Morgan fingerprint density at radius 1 is 1.04 bits per heavy atom. The highest BCUT2D eigenvalue weighted by Gasteiger charge is 2.11. The van der Waals surface area contributed by atoms with E-state index in [1.807, 2.05) is 66.0 Å². The molecule has 2 aromatic heterocycles. The smallest absolute Gasteiger partial charge is 0.203 e. The number of hydrogen-bond acceptors (Lipinski definition) is 6. The van der Waals surface area contributed by atoms with Gasteiger partial charge in [-0.1, -0.05) is 65.3 Å². The average Bonchev–Trinajstić information content (AvgIpc) is 3.33. The van der Waals surface area contributed by atoms with Gasteiger partial charge in [0, 0.05) is 27.6 Å². The first-order chi connectivity index (χ1) is 12.8. The first-order valence-electron chi connectivity index (χ1n) is 7.81. The van der Waals surface area contributed by atoms with Crippen LogP contribution in [-0.4, -0.2) is 16.4 Å². The molecule has 0 radical (unpaired) electrons. The van der Waals surface area contributed by atoms with Crippen LogP contribution in [0.15, 0.2) is 75.7 Å². The molecule has 26 heavy (non-hydrogen) atoms. The third-order valence-corrected chi connectivity index (χ3v) is 4.70. The summed E-state index contributed by atoms with van der Waals surface area (Å²) in [7, 11) is 0. The van der Waals surface area contributed by atoms with E-state index in [0.717, 1.165) is 16.8 Å². The lowest BCUT2D eigenvalue weighted by Crippen LogP contribution is -1.90. The first-order valence-corrected chi connectivity index (χ1v) is 9.07. The molecule has 0 aliphatic heterocycles. The van der Waals surface area contributed by atoms with Crippen molar-refractivity contribution in [3.8, 4) is 22.7 Å². The fourth-order valence-electron chi connectivity index (χ4n) is 2.32. The molecule has 1 N–H and O–H groups in total. The van der Waals surface area contributed by atoms with Crippen molar-refractivity contribution in [1.29, 1.82) is 0 Å². The van der Waals surface area contributed by atoms with Gasteiger partial charge >= 0.3 is 0 Å². The number of thiazole rings is 1. The minimum atomic E-state index is 0.614. The molecule has 0 aliphatic rings. The van der Waals surface area contributed by atoms with Gasteiger partial charge in [-0.2, -0.15) is 5.10 Å². The van der Waals surface area contributed by atoms with Crippen LogP contribution >= 0.6 is 22.9 Å². The van der Waals surface area contributed by atoms with Crippen molar-refractivity contribution in [3.05, 3.63) is 76.6 Å². The molecule has 0 spiro atoms. The summed E-state index contributed by atoms with van der Waals surface area (Å²) in [6.45, 7) is 0. The Balaban J connectivity index is 1.47. The van der Waals surface area contributed by atoms with Gasteiger partial charge in [-0.3, -0.25) is 5.43 Å². The predicted molar refractivity (Wildman–Crippen MR) is 106 cm³/mol. The molecule has 2 heterocycles. The van der Waals surface area contributed by atoms with Gasteiger partial charge in [0.25, 0.3) is 0 Å². The van der Waals surface area contributed by atoms with E-state index in [1.165, 1.54) is 11.3 Å². The Kier molecular flexibility index (Phi) is 4.77. The van der Waals surface area contributed by atoms with Crippen molar-refractivity contribution >= 4 is 34.3 Å². The van der Waals surface area contributed by atoms with Gasteiger partial charge in [-0.25, -0.2) is 4.98 Å². The van der Waals surface area contributed by atoms with Crippen LogP contribution in [-0.2, 0) is 0 Å². The second-order valence-electron chi connectivity index (χ2n) is 5.37. The third kappa shape index (κ3) is 3.66. The van der Waals surface area contributed by atoms with Gasteiger partial charge in [0.2, 0.25) is 5.13 Å².